The number of aromatic amines is 2. The lowest BCUT2D eigenvalue weighted by Gasteiger charge is -2.42. The number of carbonyl (C=O) groups excluding carboxylic acids is 3. The molecule has 0 radical (unpaired) electrons. The number of ether oxygens (including phenoxy) is 1. The second-order valence-electron chi connectivity index (χ2n) is 12.6. The average Bonchev–Trinajstić information content (AvgIpc) is 3.70. The van der Waals surface area contributed by atoms with E-state index in [1.165, 1.54) is 17.4 Å². The van der Waals surface area contributed by atoms with Crippen LogP contribution in [0.3, 0.4) is 0 Å². The molecule has 44 heavy (non-hydrogen) atoms. The Morgan fingerprint density at radius 2 is 1.84 bits per heavy atom. The Hall–Kier alpha value is -4.19. The van der Waals surface area contributed by atoms with Crippen molar-refractivity contribution in [1.82, 2.24) is 30.2 Å². The van der Waals surface area contributed by atoms with E-state index in [1.54, 1.807) is 33.2 Å². The predicted molar refractivity (Wildman–Crippen MR) is 164 cm³/mol. The van der Waals surface area contributed by atoms with Crippen molar-refractivity contribution in [3.8, 4) is 0 Å². The average molecular weight is 608 g/mol. The molecule has 0 bridgehead atoms. The number of alkyl carbamates (subject to hydrolysis) is 1. The largest absolute Gasteiger partial charge is 0.444 e. The zero-order valence-corrected chi connectivity index (χ0v) is 25.7. The van der Waals surface area contributed by atoms with Crippen molar-refractivity contribution < 1.29 is 24.2 Å². The summed E-state index contributed by atoms with van der Waals surface area (Å²) in [5.74, 6) is -0.827. The van der Waals surface area contributed by atoms with E-state index < -0.39 is 47.7 Å². The highest BCUT2D eigenvalue weighted by Crippen LogP contribution is 2.34. The molecular formula is C32H45N7O5. The number of nitrogens with one attached hydrogen (secondary N) is 3. The number of rotatable bonds is 13. The van der Waals surface area contributed by atoms with Crippen molar-refractivity contribution in [3.63, 3.8) is 0 Å². The number of hydrogen-bond donors (Lipinski definition) is 5. The van der Waals surface area contributed by atoms with Gasteiger partial charge in [0.05, 0.1) is 12.4 Å². The van der Waals surface area contributed by atoms with Gasteiger partial charge in [-0.3, -0.25) is 9.59 Å². The normalized spacial score (nSPS) is 16.8. The number of H-pyrrole nitrogens is 2. The van der Waals surface area contributed by atoms with E-state index in [4.69, 9.17) is 10.5 Å². The second kappa shape index (κ2) is 15.0. The van der Waals surface area contributed by atoms with Gasteiger partial charge >= 0.3 is 6.09 Å². The van der Waals surface area contributed by atoms with Crippen LogP contribution in [0.2, 0.25) is 0 Å². The van der Waals surface area contributed by atoms with Crippen LogP contribution in [0.1, 0.15) is 82.5 Å². The van der Waals surface area contributed by atoms with Gasteiger partial charge < -0.3 is 35.8 Å². The Morgan fingerprint density at radius 1 is 1.11 bits per heavy atom. The monoisotopic (exact) mass is 607 g/mol. The Balaban J connectivity index is 1.80. The van der Waals surface area contributed by atoms with E-state index in [0.717, 1.165) is 37.7 Å². The molecule has 12 heteroatoms. The molecule has 0 spiro atoms. The van der Waals surface area contributed by atoms with Crippen molar-refractivity contribution >= 4 is 17.9 Å². The molecule has 1 saturated carbocycles. The number of nitrogens with zero attached hydrogens (tertiary/aromatic N) is 3. The molecule has 3 aromatic rings. The number of aromatic nitrogens is 4. The van der Waals surface area contributed by atoms with Crippen molar-refractivity contribution in [2.45, 2.75) is 102 Å². The Bertz CT molecular complexity index is 1320. The molecule has 4 atom stereocenters. The van der Waals surface area contributed by atoms with Gasteiger partial charge in [0.25, 0.3) is 0 Å². The summed E-state index contributed by atoms with van der Waals surface area (Å²) in [4.78, 5) is 56.9. The maximum atomic E-state index is 14.9. The van der Waals surface area contributed by atoms with Crippen LogP contribution in [0, 0.1) is 5.92 Å². The third-order valence-corrected chi connectivity index (χ3v) is 7.98. The highest BCUT2D eigenvalue weighted by molar-refractivity contribution is 5.91. The second-order valence-corrected chi connectivity index (χ2v) is 12.6. The summed E-state index contributed by atoms with van der Waals surface area (Å²) in [5, 5.41) is 14.6. The highest BCUT2D eigenvalue weighted by Gasteiger charge is 2.43. The topological polar surface area (TPSA) is 179 Å². The van der Waals surface area contributed by atoms with Gasteiger partial charge in [-0.15, -0.1) is 0 Å². The van der Waals surface area contributed by atoms with Crippen LogP contribution in [-0.2, 0) is 27.2 Å². The summed E-state index contributed by atoms with van der Waals surface area (Å²) in [6.45, 7) is 5.21. The van der Waals surface area contributed by atoms with E-state index in [2.05, 4.69) is 25.3 Å². The number of hydrogen-bond acceptors (Lipinski definition) is 7. The van der Waals surface area contributed by atoms with E-state index in [0.29, 0.717) is 12.1 Å². The van der Waals surface area contributed by atoms with Gasteiger partial charge in [-0.05, 0) is 38.7 Å². The van der Waals surface area contributed by atoms with Crippen molar-refractivity contribution in [2.75, 3.05) is 0 Å². The van der Waals surface area contributed by atoms with E-state index >= 15 is 0 Å². The lowest BCUT2D eigenvalue weighted by Crippen LogP contribution is -2.61. The van der Waals surface area contributed by atoms with Crippen LogP contribution in [0.4, 0.5) is 4.79 Å². The van der Waals surface area contributed by atoms with E-state index in [1.807, 2.05) is 30.3 Å². The van der Waals surface area contributed by atoms with Gasteiger partial charge in [-0.1, -0.05) is 62.4 Å². The third-order valence-electron chi connectivity index (χ3n) is 7.98. The summed E-state index contributed by atoms with van der Waals surface area (Å²) >= 11 is 0. The fraction of sp³-hybridized carbons (Fsp3) is 0.531. The minimum atomic E-state index is -1.25. The summed E-state index contributed by atoms with van der Waals surface area (Å²) < 4.78 is 5.53. The fourth-order valence-corrected chi connectivity index (χ4v) is 5.95. The van der Waals surface area contributed by atoms with Gasteiger partial charge in [0, 0.05) is 37.1 Å². The molecular weight excluding hydrogens is 562 g/mol. The predicted octanol–water partition coefficient (Wildman–Crippen LogP) is 3.57. The number of nitrogens with two attached hydrogens (primary N) is 1. The number of primary amides is 1. The fourth-order valence-electron chi connectivity index (χ4n) is 5.95. The zero-order valence-electron chi connectivity index (χ0n) is 25.7. The zero-order chi connectivity index (χ0) is 31.7. The van der Waals surface area contributed by atoms with Crippen LogP contribution in [0.15, 0.2) is 55.2 Å². The first-order valence-electron chi connectivity index (χ1n) is 15.3. The molecule has 0 unspecified atom stereocenters. The first-order valence-corrected chi connectivity index (χ1v) is 15.3. The van der Waals surface area contributed by atoms with E-state index in [-0.39, 0.29) is 24.6 Å². The molecule has 2 heterocycles. The summed E-state index contributed by atoms with van der Waals surface area (Å²) in [6.07, 6.45) is 9.85. The molecule has 0 saturated heterocycles. The molecule has 1 aliphatic rings. The van der Waals surface area contributed by atoms with Crippen LogP contribution >= 0.6 is 0 Å². The number of aliphatic hydroxyl groups is 1. The Kier molecular flexibility index (Phi) is 11.2. The molecule has 3 amide bonds. The SMILES string of the molecule is CC(C)(C)OC(=O)N[C@@H](Cc1ccccc1)C(=O)N([C@@H](Cc1cnc[nH]1)C(N)=O)[C@@H](CC1CCCCC1)[C@@H](O)c1ncc[nH]1. The minimum Gasteiger partial charge on any atom is -0.444 e. The first kappa shape index (κ1) is 32.7. The summed E-state index contributed by atoms with van der Waals surface area (Å²) in [6, 6.07) is 6.09. The summed E-state index contributed by atoms with van der Waals surface area (Å²) in [7, 11) is 0. The molecule has 6 N–H and O–H groups in total. The number of imidazole rings is 2. The minimum absolute atomic E-state index is 0.0393. The smallest absolute Gasteiger partial charge is 0.408 e. The molecule has 238 valence electrons. The molecule has 1 fully saturated rings. The van der Waals surface area contributed by atoms with Gasteiger partial charge in [0.2, 0.25) is 11.8 Å². The molecule has 4 rings (SSSR count). The Labute approximate surface area is 258 Å². The maximum absolute atomic E-state index is 14.9. The van der Waals surface area contributed by atoms with Crippen LogP contribution in [0.5, 0.6) is 0 Å². The first-order chi connectivity index (χ1) is 21.0. The number of aliphatic hydroxyl groups excluding tert-OH is 1. The van der Waals surface area contributed by atoms with E-state index in [9.17, 15) is 19.5 Å². The molecule has 1 aromatic carbocycles. The Morgan fingerprint density at radius 3 is 2.43 bits per heavy atom. The summed E-state index contributed by atoms with van der Waals surface area (Å²) in [5.41, 5.74) is 6.61. The quantitative estimate of drug-likeness (QED) is 0.197. The third kappa shape index (κ3) is 9.15. The van der Waals surface area contributed by atoms with Crippen LogP contribution in [-0.4, -0.2) is 71.6 Å². The van der Waals surface area contributed by atoms with Crippen LogP contribution in [0.25, 0.3) is 0 Å². The number of amides is 3. The highest BCUT2D eigenvalue weighted by atomic mass is 16.6. The number of carbonyl (C=O) groups is 3. The molecule has 2 aromatic heterocycles. The maximum Gasteiger partial charge on any atom is 0.408 e. The molecule has 0 aliphatic heterocycles. The lowest BCUT2D eigenvalue weighted by atomic mass is 9.82. The van der Waals surface area contributed by atoms with Crippen molar-refractivity contribution in [2.24, 2.45) is 11.7 Å². The molecule has 12 nitrogen and oxygen atoms in total. The lowest BCUT2D eigenvalue weighted by molar-refractivity contribution is -0.148. The molecule has 1 aliphatic carbocycles. The number of benzene rings is 1. The van der Waals surface area contributed by atoms with Gasteiger partial charge in [-0.25, -0.2) is 14.8 Å². The van der Waals surface area contributed by atoms with Crippen molar-refractivity contribution in [3.05, 3.63) is 72.3 Å². The van der Waals surface area contributed by atoms with Crippen LogP contribution < -0.4 is 11.1 Å². The van der Waals surface area contributed by atoms with Gasteiger partial charge in [0.15, 0.2) is 0 Å². The standard InChI is InChI=1S/C32H45N7O5/c1-32(2,3)44-31(43)38-24(16-21-10-6-4-7-11-21)30(42)39(26(28(33)41)18-23-19-34-20-37-23)25(17-22-12-8-5-9-13-22)27(40)29-35-14-15-36-29/h4,6-7,10-11,14-15,19-20,22,24-27,40H,5,8-9,12-13,16-18H2,1-3H3,(H2,33,41)(H,34,37)(H,35,36)(H,38,43)/t24-,25-,26-,27+/m0/s1. The van der Waals surface area contributed by atoms with Crippen molar-refractivity contribution in [1.29, 1.82) is 0 Å². The van der Waals surface area contributed by atoms with Gasteiger partial charge in [-0.2, -0.15) is 0 Å². The van der Waals surface area contributed by atoms with Gasteiger partial charge in [0.1, 0.15) is 29.6 Å².